The maximum Gasteiger partial charge on any atom is 0.183 e. The van der Waals surface area contributed by atoms with Gasteiger partial charge in [-0.25, -0.2) is 4.98 Å². The second-order valence-electron chi connectivity index (χ2n) is 5.70. The zero-order valence-electron chi connectivity index (χ0n) is 14.5. The number of Topliss-reactive ketones (excluding diaryl/α,β-unsaturated/α-hetero) is 1. The lowest BCUT2D eigenvalue weighted by molar-refractivity contribution is 0.0970. The minimum Gasteiger partial charge on any atom is -0.295 e. The van der Waals surface area contributed by atoms with E-state index in [0.29, 0.717) is 10.4 Å². The van der Waals surface area contributed by atoms with Gasteiger partial charge in [-0.3, -0.25) is 19.3 Å². The lowest BCUT2D eigenvalue weighted by Gasteiger charge is -2.11. The number of hydrogen-bond acceptors (Lipinski definition) is 5. The molecular weight excluding hydrogens is 444 g/mol. The Kier molecular flexibility index (Phi) is 5.98. The first-order valence-electron chi connectivity index (χ1n) is 8.02. The van der Waals surface area contributed by atoms with Crippen LogP contribution in [-0.2, 0) is 6.54 Å². The second-order valence-corrected chi connectivity index (χ2v) is 7.33. The van der Waals surface area contributed by atoms with Gasteiger partial charge in [0, 0.05) is 10.9 Å². The van der Waals surface area contributed by atoms with E-state index in [9.17, 15) is 4.79 Å². The number of thiazole rings is 1. The number of hydrogen-bond donors (Lipinski definition) is 1. The van der Waals surface area contributed by atoms with Gasteiger partial charge in [-0.05, 0) is 18.4 Å². The van der Waals surface area contributed by atoms with Gasteiger partial charge in [0.05, 0.1) is 17.6 Å². The number of rotatable bonds is 5. The van der Waals surface area contributed by atoms with Gasteiger partial charge in [-0.1, -0.05) is 54.2 Å². The van der Waals surface area contributed by atoms with Crippen LogP contribution in [0.2, 0.25) is 0 Å². The summed E-state index contributed by atoms with van der Waals surface area (Å²) in [5.41, 5.74) is 2.52. The molecule has 8 heteroatoms. The molecule has 0 saturated carbocycles. The lowest BCUT2D eigenvalue weighted by atomic mass is 10.1. The number of aromatic nitrogens is 3. The fourth-order valence-electron chi connectivity index (χ4n) is 2.89. The first kappa shape index (κ1) is 19.6. The summed E-state index contributed by atoms with van der Waals surface area (Å²) in [5, 5.41) is 11.0. The van der Waals surface area contributed by atoms with Gasteiger partial charge in [0.15, 0.2) is 15.7 Å². The number of nitrogens with one attached hydrogen (secondary N) is 1. The molecule has 0 saturated heterocycles. The molecule has 0 bridgehead atoms. The van der Waals surface area contributed by atoms with E-state index in [2.05, 4.69) is 4.98 Å². The van der Waals surface area contributed by atoms with Crippen molar-refractivity contribution >= 4 is 56.9 Å². The maximum atomic E-state index is 12.7. The number of thioether (sulfide) groups is 1. The molecule has 0 atom stereocenters. The highest BCUT2D eigenvalue weighted by atomic mass is 79.9. The Hall–Kier alpha value is -2.16. The minimum atomic E-state index is -0.0149. The average Bonchev–Trinajstić information content (AvgIpc) is 3.22. The van der Waals surface area contributed by atoms with Crippen molar-refractivity contribution in [1.82, 2.24) is 14.1 Å². The predicted octanol–water partition coefficient (Wildman–Crippen LogP) is 4.55. The van der Waals surface area contributed by atoms with Crippen LogP contribution >= 0.6 is 40.1 Å². The van der Waals surface area contributed by atoms with Crippen LogP contribution in [-0.4, -0.2) is 26.2 Å². The Balaban J connectivity index is 0.00000210. The normalized spacial score (nSPS) is 10.7. The van der Waals surface area contributed by atoms with Crippen LogP contribution in [0.25, 0.3) is 16.9 Å². The molecule has 1 N–H and O–H groups in total. The Morgan fingerprint density at radius 3 is 2.59 bits per heavy atom. The Morgan fingerprint density at radius 2 is 1.85 bits per heavy atom. The summed E-state index contributed by atoms with van der Waals surface area (Å²) in [6, 6.07) is 17.1. The third kappa shape index (κ3) is 3.65. The molecule has 0 fully saturated rings. The zero-order valence-corrected chi connectivity index (χ0v) is 17.8. The molecule has 2 aromatic carbocycles. The molecule has 2 heterocycles. The summed E-state index contributed by atoms with van der Waals surface area (Å²) >= 11 is 2.86. The lowest BCUT2D eigenvalue weighted by Crippen LogP contribution is -2.22. The second kappa shape index (κ2) is 8.24. The van der Waals surface area contributed by atoms with Crippen molar-refractivity contribution in [3.05, 3.63) is 70.3 Å². The highest BCUT2D eigenvalue weighted by molar-refractivity contribution is 8.93. The highest BCUT2D eigenvalue weighted by Gasteiger charge is 2.17. The van der Waals surface area contributed by atoms with Gasteiger partial charge in [0.2, 0.25) is 0 Å². The minimum absolute atomic E-state index is 0. The third-order valence-corrected chi connectivity index (χ3v) is 5.55. The van der Waals surface area contributed by atoms with E-state index in [-0.39, 0.29) is 29.3 Å². The number of para-hydroxylation sites is 2. The molecule has 5 nitrogen and oxygen atoms in total. The van der Waals surface area contributed by atoms with Crippen LogP contribution < -0.4 is 4.80 Å². The molecule has 0 aliphatic carbocycles. The first-order valence-corrected chi connectivity index (χ1v) is 10.1. The molecule has 0 unspecified atom stereocenters. The molecule has 4 aromatic rings. The number of imidazole rings is 1. The standard InChI is InChI=1S/C19H16N4OS2.BrH/c1-25-19-21-14-9-5-6-10-15(14)23(19)17-12-26-18(20)22(17)11-16(24)13-7-3-2-4-8-13;/h2-10,12,20H,11H2,1H3;1H. The Bertz CT molecular complexity index is 1150. The van der Waals surface area contributed by atoms with E-state index in [1.54, 1.807) is 28.5 Å². The van der Waals surface area contributed by atoms with Crippen molar-refractivity contribution in [2.45, 2.75) is 11.7 Å². The van der Waals surface area contributed by atoms with Crippen LogP contribution in [0.5, 0.6) is 0 Å². The van der Waals surface area contributed by atoms with E-state index in [0.717, 1.165) is 22.0 Å². The molecule has 0 amide bonds. The number of halogens is 1. The first-order chi connectivity index (χ1) is 12.7. The van der Waals surface area contributed by atoms with Crippen LogP contribution in [0.15, 0.2) is 65.1 Å². The maximum absolute atomic E-state index is 12.7. The van der Waals surface area contributed by atoms with Crippen molar-refractivity contribution in [2.24, 2.45) is 0 Å². The van der Waals surface area contributed by atoms with E-state index in [4.69, 9.17) is 5.41 Å². The van der Waals surface area contributed by atoms with Crippen molar-refractivity contribution in [2.75, 3.05) is 6.26 Å². The topological polar surface area (TPSA) is 63.7 Å². The van der Waals surface area contributed by atoms with Crippen molar-refractivity contribution in [1.29, 1.82) is 5.41 Å². The number of fused-ring (bicyclic) bond motifs is 1. The molecule has 0 aliphatic rings. The molecular formula is C19H17BrN4OS2. The summed E-state index contributed by atoms with van der Waals surface area (Å²) < 4.78 is 3.76. The van der Waals surface area contributed by atoms with Gasteiger partial charge >= 0.3 is 0 Å². The van der Waals surface area contributed by atoms with E-state index in [1.165, 1.54) is 11.3 Å². The number of nitrogens with zero attached hydrogens (tertiary/aromatic N) is 3. The summed E-state index contributed by atoms with van der Waals surface area (Å²) in [7, 11) is 0. The molecule has 138 valence electrons. The SMILES string of the molecule is Br.CSc1nc2ccccc2n1-c1csc(=N)n1CC(=O)c1ccccc1. The smallest absolute Gasteiger partial charge is 0.183 e. The molecule has 27 heavy (non-hydrogen) atoms. The van der Waals surface area contributed by atoms with E-state index in [1.807, 2.05) is 58.7 Å². The predicted molar refractivity (Wildman–Crippen MR) is 116 cm³/mol. The Morgan fingerprint density at radius 1 is 1.15 bits per heavy atom. The monoisotopic (exact) mass is 460 g/mol. The third-order valence-electron chi connectivity index (χ3n) is 4.14. The largest absolute Gasteiger partial charge is 0.295 e. The number of ketones is 1. The van der Waals surface area contributed by atoms with E-state index >= 15 is 0 Å². The van der Waals surface area contributed by atoms with Crippen molar-refractivity contribution < 1.29 is 4.79 Å². The average molecular weight is 461 g/mol. The van der Waals surface area contributed by atoms with Crippen molar-refractivity contribution in [3.63, 3.8) is 0 Å². The molecule has 2 aromatic heterocycles. The Labute approximate surface area is 175 Å². The van der Waals surface area contributed by atoms with E-state index < -0.39 is 0 Å². The summed E-state index contributed by atoms with van der Waals surface area (Å²) in [5.74, 6) is 0.779. The van der Waals surface area contributed by atoms with Crippen molar-refractivity contribution in [3.8, 4) is 5.82 Å². The van der Waals surface area contributed by atoms with Crippen LogP contribution in [0, 0.1) is 5.41 Å². The quantitative estimate of drug-likeness (QED) is 0.350. The number of carbonyl (C=O) groups is 1. The molecule has 0 radical (unpaired) electrons. The number of carbonyl (C=O) groups excluding carboxylic acids is 1. The summed E-state index contributed by atoms with van der Waals surface area (Å²) in [6.07, 6.45) is 1.98. The fraction of sp³-hybridized carbons (Fsp3) is 0.105. The van der Waals surface area contributed by atoms with Gasteiger partial charge < -0.3 is 0 Å². The van der Waals surface area contributed by atoms with Crippen LogP contribution in [0.1, 0.15) is 10.4 Å². The number of benzene rings is 2. The molecule has 0 spiro atoms. The van der Waals surface area contributed by atoms with Gasteiger partial charge in [-0.15, -0.1) is 28.3 Å². The summed E-state index contributed by atoms with van der Waals surface area (Å²) in [6.45, 7) is 0.127. The van der Waals surface area contributed by atoms with Crippen LogP contribution in [0.3, 0.4) is 0 Å². The van der Waals surface area contributed by atoms with Gasteiger partial charge in [-0.2, -0.15) is 0 Å². The van der Waals surface area contributed by atoms with Gasteiger partial charge in [0.25, 0.3) is 0 Å². The van der Waals surface area contributed by atoms with Gasteiger partial charge in [0.1, 0.15) is 5.82 Å². The molecule has 4 rings (SSSR count). The molecule has 0 aliphatic heterocycles. The summed E-state index contributed by atoms with van der Waals surface area (Å²) in [4.78, 5) is 17.7. The van der Waals surface area contributed by atoms with Crippen LogP contribution in [0.4, 0.5) is 0 Å². The zero-order chi connectivity index (χ0) is 18.1. The highest BCUT2D eigenvalue weighted by Crippen LogP contribution is 2.27. The fourth-order valence-corrected chi connectivity index (χ4v) is 4.19.